The van der Waals surface area contributed by atoms with Crippen molar-refractivity contribution >= 4 is 17.1 Å². The second-order valence-electron chi connectivity index (χ2n) is 7.74. The van der Waals surface area contributed by atoms with Crippen LogP contribution in [0.25, 0.3) is 11.2 Å². The molecule has 3 heterocycles. The summed E-state index contributed by atoms with van der Waals surface area (Å²) in [5.74, 6) is -0.0268. The van der Waals surface area contributed by atoms with Crippen molar-refractivity contribution in [1.82, 2.24) is 24.4 Å². The molecule has 164 valence electrons. The Morgan fingerprint density at radius 3 is 2.94 bits per heavy atom. The second kappa shape index (κ2) is 8.84. The van der Waals surface area contributed by atoms with Gasteiger partial charge in [0.15, 0.2) is 5.65 Å². The number of halogens is 1. The van der Waals surface area contributed by atoms with Crippen molar-refractivity contribution in [2.45, 2.75) is 38.3 Å². The average molecular weight is 429 g/mol. The summed E-state index contributed by atoms with van der Waals surface area (Å²) in [6.07, 6.45) is 2.23. The number of hydrogen-bond acceptors (Lipinski definition) is 5. The van der Waals surface area contributed by atoms with Crippen LogP contribution in [-0.4, -0.2) is 49.6 Å². The number of imidazole rings is 1. The van der Waals surface area contributed by atoms with Gasteiger partial charge in [-0.1, -0.05) is 12.1 Å². The minimum Gasteiger partial charge on any atom is -0.376 e. The third-order valence-electron chi connectivity index (χ3n) is 5.44. The first-order valence-corrected chi connectivity index (χ1v) is 10.2. The lowest BCUT2D eigenvalue weighted by atomic mass is 10.1. The van der Waals surface area contributed by atoms with E-state index in [0.29, 0.717) is 24.5 Å². The van der Waals surface area contributed by atoms with Gasteiger partial charge in [-0.3, -0.25) is 19.1 Å². The lowest BCUT2D eigenvalue weighted by Gasteiger charge is -2.25. The normalized spacial score (nSPS) is 16.1. The van der Waals surface area contributed by atoms with Crippen LogP contribution in [0.4, 0.5) is 4.39 Å². The van der Waals surface area contributed by atoms with E-state index in [1.807, 2.05) is 0 Å². The van der Waals surface area contributed by atoms with Crippen molar-refractivity contribution in [2.24, 2.45) is 7.05 Å². The molecule has 1 unspecified atom stereocenters. The number of aromatic nitrogens is 4. The van der Waals surface area contributed by atoms with Gasteiger partial charge in [-0.25, -0.2) is 14.2 Å². The molecule has 0 spiro atoms. The van der Waals surface area contributed by atoms with Gasteiger partial charge in [0, 0.05) is 39.6 Å². The number of benzene rings is 1. The number of fused-ring (bicyclic) bond motifs is 1. The Morgan fingerprint density at radius 1 is 1.35 bits per heavy atom. The largest absolute Gasteiger partial charge is 0.376 e. The van der Waals surface area contributed by atoms with Gasteiger partial charge >= 0.3 is 5.69 Å². The van der Waals surface area contributed by atoms with E-state index in [9.17, 15) is 18.8 Å². The highest BCUT2D eigenvalue weighted by atomic mass is 19.1. The fraction of sp³-hybridized carbons (Fsp3) is 0.429. The van der Waals surface area contributed by atoms with Crippen molar-refractivity contribution in [3.63, 3.8) is 0 Å². The van der Waals surface area contributed by atoms with Crippen LogP contribution in [-0.2, 0) is 29.5 Å². The molecule has 1 aromatic carbocycles. The number of nitrogens with zero attached hydrogens (tertiary/aromatic N) is 3. The SMILES string of the molecule is Cn1c(=O)[nH]c(=O)c2[nH]c(CCC(=O)N(Cc3cccc(F)c3)CC3CCCO3)nc21. The Hall–Kier alpha value is -3.27. The van der Waals surface area contributed by atoms with Gasteiger partial charge in [0.25, 0.3) is 5.56 Å². The van der Waals surface area contributed by atoms with Crippen molar-refractivity contribution in [3.8, 4) is 0 Å². The van der Waals surface area contributed by atoms with E-state index in [1.54, 1.807) is 17.0 Å². The van der Waals surface area contributed by atoms with Crippen molar-refractivity contribution in [3.05, 3.63) is 62.3 Å². The molecule has 0 aliphatic carbocycles. The Bertz CT molecular complexity index is 1210. The third kappa shape index (κ3) is 4.74. The molecular weight excluding hydrogens is 405 g/mol. The Morgan fingerprint density at radius 2 is 2.19 bits per heavy atom. The number of H-pyrrole nitrogens is 2. The predicted octanol–water partition coefficient (Wildman–Crippen LogP) is 1.23. The first-order valence-electron chi connectivity index (χ1n) is 10.2. The number of ether oxygens (including phenoxy) is 1. The maximum atomic E-state index is 13.6. The van der Waals surface area contributed by atoms with Crippen LogP contribution >= 0.6 is 0 Å². The number of carbonyl (C=O) groups excluding carboxylic acids is 1. The molecule has 1 fully saturated rings. The Balaban J connectivity index is 1.49. The first kappa shape index (κ1) is 21.0. The molecule has 10 heteroatoms. The van der Waals surface area contributed by atoms with Gasteiger partial charge in [-0.2, -0.15) is 0 Å². The topological polar surface area (TPSA) is 113 Å². The maximum absolute atomic E-state index is 13.6. The highest BCUT2D eigenvalue weighted by molar-refractivity contribution is 5.76. The number of amides is 1. The lowest BCUT2D eigenvalue weighted by molar-refractivity contribution is -0.133. The molecule has 1 amide bonds. The fourth-order valence-corrected chi connectivity index (χ4v) is 3.80. The standard InChI is InChI=1S/C21H24FN5O4/c1-26-19-18(20(29)25-21(26)30)23-16(24-19)7-8-17(28)27(12-15-6-3-9-31-15)11-13-4-2-5-14(22)10-13/h2,4-5,10,15H,3,6-9,11-12H2,1H3,(H,23,24)(H,25,29,30). The van der Waals surface area contributed by atoms with E-state index in [-0.39, 0.29) is 48.4 Å². The number of aryl methyl sites for hydroxylation is 2. The van der Waals surface area contributed by atoms with Gasteiger partial charge in [0.1, 0.15) is 17.2 Å². The molecule has 3 aromatic rings. The molecular formula is C21H24FN5O4. The van der Waals surface area contributed by atoms with Gasteiger partial charge in [0.2, 0.25) is 5.91 Å². The molecule has 1 aliphatic rings. The minimum atomic E-state index is -0.551. The van der Waals surface area contributed by atoms with E-state index in [0.717, 1.165) is 12.8 Å². The van der Waals surface area contributed by atoms with Crippen LogP contribution in [0, 0.1) is 5.82 Å². The van der Waals surface area contributed by atoms with Crippen LogP contribution in [0.3, 0.4) is 0 Å². The summed E-state index contributed by atoms with van der Waals surface area (Å²) < 4.78 is 20.5. The van der Waals surface area contributed by atoms with Gasteiger partial charge in [-0.05, 0) is 30.5 Å². The Labute approximate surface area is 176 Å². The van der Waals surface area contributed by atoms with E-state index in [1.165, 1.54) is 23.7 Å². The maximum Gasteiger partial charge on any atom is 0.329 e. The summed E-state index contributed by atoms with van der Waals surface area (Å²) in [5, 5.41) is 0. The minimum absolute atomic E-state index is 0.0307. The molecule has 1 aliphatic heterocycles. The molecule has 1 saturated heterocycles. The predicted molar refractivity (Wildman–Crippen MR) is 111 cm³/mol. The molecule has 31 heavy (non-hydrogen) atoms. The Kier molecular flexibility index (Phi) is 5.99. The van der Waals surface area contributed by atoms with E-state index in [4.69, 9.17) is 4.74 Å². The van der Waals surface area contributed by atoms with Crippen molar-refractivity contribution in [2.75, 3.05) is 13.2 Å². The van der Waals surface area contributed by atoms with Crippen molar-refractivity contribution in [1.29, 1.82) is 0 Å². The fourth-order valence-electron chi connectivity index (χ4n) is 3.80. The highest BCUT2D eigenvalue weighted by Crippen LogP contribution is 2.17. The zero-order valence-corrected chi connectivity index (χ0v) is 17.2. The van der Waals surface area contributed by atoms with Crippen LogP contribution in [0.5, 0.6) is 0 Å². The zero-order chi connectivity index (χ0) is 22.0. The summed E-state index contributed by atoms with van der Waals surface area (Å²) in [5.41, 5.74) is 0.0445. The van der Waals surface area contributed by atoms with Crippen molar-refractivity contribution < 1.29 is 13.9 Å². The molecule has 4 rings (SSSR count). The number of aromatic amines is 2. The smallest absolute Gasteiger partial charge is 0.329 e. The summed E-state index contributed by atoms with van der Waals surface area (Å²) in [4.78, 5) is 47.8. The van der Waals surface area contributed by atoms with Gasteiger partial charge in [-0.15, -0.1) is 0 Å². The molecule has 2 N–H and O–H groups in total. The molecule has 0 radical (unpaired) electrons. The van der Waals surface area contributed by atoms with Crippen LogP contribution in [0.2, 0.25) is 0 Å². The van der Waals surface area contributed by atoms with Gasteiger partial charge < -0.3 is 14.6 Å². The summed E-state index contributed by atoms with van der Waals surface area (Å²) in [7, 11) is 1.51. The van der Waals surface area contributed by atoms with E-state index in [2.05, 4.69) is 15.0 Å². The van der Waals surface area contributed by atoms with E-state index >= 15 is 0 Å². The van der Waals surface area contributed by atoms with Crippen LogP contribution in [0.1, 0.15) is 30.7 Å². The molecule has 2 aromatic heterocycles. The first-order chi connectivity index (χ1) is 14.9. The quantitative estimate of drug-likeness (QED) is 0.587. The second-order valence-corrected chi connectivity index (χ2v) is 7.74. The summed E-state index contributed by atoms with van der Waals surface area (Å²) in [6, 6.07) is 6.19. The molecule has 1 atom stereocenters. The average Bonchev–Trinajstić information content (AvgIpc) is 3.40. The third-order valence-corrected chi connectivity index (χ3v) is 5.44. The zero-order valence-electron chi connectivity index (χ0n) is 17.2. The number of rotatable bonds is 7. The number of nitrogens with one attached hydrogen (secondary N) is 2. The van der Waals surface area contributed by atoms with E-state index < -0.39 is 11.2 Å². The molecule has 0 bridgehead atoms. The summed E-state index contributed by atoms with van der Waals surface area (Å²) >= 11 is 0. The molecule has 0 saturated carbocycles. The van der Waals surface area contributed by atoms with Crippen LogP contribution < -0.4 is 11.2 Å². The van der Waals surface area contributed by atoms with Gasteiger partial charge in [0.05, 0.1) is 6.10 Å². The molecule has 9 nitrogen and oxygen atoms in total. The van der Waals surface area contributed by atoms with Crippen LogP contribution in [0.15, 0.2) is 33.9 Å². The highest BCUT2D eigenvalue weighted by Gasteiger charge is 2.23. The monoisotopic (exact) mass is 429 g/mol. The number of hydrogen-bond donors (Lipinski definition) is 2. The lowest BCUT2D eigenvalue weighted by Crippen LogP contribution is -2.37. The summed E-state index contributed by atoms with van der Waals surface area (Å²) in [6.45, 7) is 1.40. The number of carbonyl (C=O) groups is 1.